The van der Waals surface area contributed by atoms with Gasteiger partial charge in [0.1, 0.15) is 5.75 Å². The van der Waals surface area contributed by atoms with Crippen LogP contribution in [-0.2, 0) is 22.2 Å². The van der Waals surface area contributed by atoms with Crippen molar-refractivity contribution < 1.29 is 18.8 Å². The van der Waals surface area contributed by atoms with Gasteiger partial charge in [-0.15, -0.1) is 5.10 Å². The van der Waals surface area contributed by atoms with Gasteiger partial charge in [0.05, 0.1) is 18.3 Å². The number of carbonyl (C=O) groups excluding carboxylic acids is 1. The molecular formula is C30H38BBrN4O4. The zero-order chi connectivity index (χ0) is 28.5. The van der Waals surface area contributed by atoms with Crippen LogP contribution in [0.5, 0.6) is 5.75 Å². The largest absolute Gasteiger partial charge is 0.497 e. The number of amides is 1. The number of hydrogen-bond acceptors (Lipinski definition) is 6. The average Bonchev–Trinajstić information content (AvgIpc) is 3.49. The van der Waals surface area contributed by atoms with Gasteiger partial charge in [0, 0.05) is 19.5 Å². The highest BCUT2D eigenvalue weighted by atomic mass is 79.9. The zero-order valence-electron chi connectivity index (χ0n) is 23.9. The third-order valence-electron chi connectivity index (χ3n) is 8.59. The van der Waals surface area contributed by atoms with Gasteiger partial charge in [0.15, 0.2) is 4.73 Å². The van der Waals surface area contributed by atoms with Crippen molar-refractivity contribution in [3.63, 3.8) is 0 Å². The average molecular weight is 609 g/mol. The van der Waals surface area contributed by atoms with Crippen molar-refractivity contribution in [3.05, 3.63) is 70.2 Å². The summed E-state index contributed by atoms with van der Waals surface area (Å²) in [4.78, 5) is 18.7. The number of nitrogens with one attached hydrogen (secondary N) is 1. The Hall–Kier alpha value is -2.69. The fourth-order valence-corrected chi connectivity index (χ4v) is 6.49. The lowest BCUT2D eigenvalue weighted by molar-refractivity contribution is -0.0582. The van der Waals surface area contributed by atoms with E-state index in [0.29, 0.717) is 10.7 Å². The minimum absolute atomic E-state index is 0.115. The molecule has 10 heteroatoms. The Morgan fingerprint density at radius 1 is 1.15 bits per heavy atom. The summed E-state index contributed by atoms with van der Waals surface area (Å²) in [5, 5.41) is 6.66. The molecule has 2 aromatic carbocycles. The van der Waals surface area contributed by atoms with Crippen molar-refractivity contribution >= 4 is 34.4 Å². The predicted molar refractivity (Wildman–Crippen MR) is 159 cm³/mol. The molecule has 0 bridgehead atoms. The van der Waals surface area contributed by atoms with E-state index in [1.165, 1.54) is 11.1 Å². The molecule has 1 unspecified atom stereocenters. The van der Waals surface area contributed by atoms with Crippen LogP contribution in [0.4, 0.5) is 0 Å². The third kappa shape index (κ3) is 5.85. The Labute approximate surface area is 245 Å². The van der Waals surface area contributed by atoms with E-state index in [0.717, 1.165) is 50.0 Å². The molecule has 40 heavy (non-hydrogen) atoms. The molecule has 2 fully saturated rings. The Kier molecular flexibility index (Phi) is 8.41. The van der Waals surface area contributed by atoms with Gasteiger partial charge in [-0.1, -0.05) is 50.2 Å². The van der Waals surface area contributed by atoms with Crippen molar-refractivity contribution in [2.24, 2.45) is 11.8 Å². The molecule has 1 aromatic heterocycles. The molecular weight excluding hydrogens is 571 g/mol. The van der Waals surface area contributed by atoms with Crippen LogP contribution in [-0.4, -0.2) is 64.5 Å². The molecule has 2 saturated heterocycles. The van der Waals surface area contributed by atoms with Gasteiger partial charge in [-0.2, -0.15) is 4.98 Å². The zero-order valence-corrected chi connectivity index (χ0v) is 25.5. The first-order valence-electron chi connectivity index (χ1n) is 14.0. The second kappa shape index (κ2) is 11.7. The van der Waals surface area contributed by atoms with Crippen molar-refractivity contribution in [2.75, 3.05) is 20.2 Å². The summed E-state index contributed by atoms with van der Waals surface area (Å²) in [5.74, 6) is 1.68. The number of aromatic nitrogens is 3. The van der Waals surface area contributed by atoms with Crippen LogP contribution < -0.4 is 10.2 Å². The number of H-pyrrole nitrogens is 1. The lowest BCUT2D eigenvalue weighted by atomic mass is 9.73. The molecule has 3 aromatic rings. The van der Waals surface area contributed by atoms with E-state index in [-0.39, 0.29) is 17.6 Å². The van der Waals surface area contributed by atoms with Crippen LogP contribution in [0.3, 0.4) is 0 Å². The maximum atomic E-state index is 12.7. The molecule has 1 amide bonds. The number of nitrogens with zero attached hydrogens (tertiary/aromatic N) is 3. The number of carbonyl (C=O) groups is 1. The SMILES string of the molecule is COc1ccc(B2OC(C)(C)C(Cc3cccc(CC4CCN(C(=O)c5n[nH]c(Br)n5)CC4)c3)(C(C)C)O2)cc1. The number of piperidine rings is 1. The van der Waals surface area contributed by atoms with E-state index >= 15 is 0 Å². The molecule has 2 aliphatic rings. The minimum Gasteiger partial charge on any atom is -0.497 e. The van der Waals surface area contributed by atoms with Gasteiger partial charge in [-0.3, -0.25) is 9.89 Å². The highest BCUT2D eigenvalue weighted by molar-refractivity contribution is 9.10. The normalized spacial score (nSPS) is 21.3. The summed E-state index contributed by atoms with van der Waals surface area (Å²) >= 11 is 3.22. The minimum atomic E-state index is -0.489. The van der Waals surface area contributed by atoms with Crippen molar-refractivity contribution in [2.45, 2.75) is 64.6 Å². The molecule has 0 saturated carbocycles. The summed E-state index contributed by atoms with van der Waals surface area (Å²) in [5.41, 5.74) is 2.59. The first-order valence-corrected chi connectivity index (χ1v) is 14.8. The molecule has 0 radical (unpaired) electrons. The van der Waals surface area contributed by atoms with Crippen LogP contribution in [0.1, 0.15) is 62.3 Å². The van der Waals surface area contributed by atoms with Gasteiger partial charge in [0.25, 0.3) is 5.91 Å². The molecule has 3 heterocycles. The summed E-state index contributed by atoms with van der Waals surface area (Å²) in [7, 11) is 1.24. The topological polar surface area (TPSA) is 89.6 Å². The Balaban J connectivity index is 1.25. The van der Waals surface area contributed by atoms with Crippen LogP contribution in [0, 0.1) is 11.8 Å². The lowest BCUT2D eigenvalue weighted by Crippen LogP contribution is -2.53. The van der Waals surface area contributed by atoms with E-state index in [9.17, 15) is 4.79 Å². The van der Waals surface area contributed by atoms with Gasteiger partial charge >= 0.3 is 7.12 Å². The fourth-order valence-electron chi connectivity index (χ4n) is 6.23. The highest BCUT2D eigenvalue weighted by Crippen LogP contribution is 2.45. The van der Waals surface area contributed by atoms with Crippen LogP contribution in [0.15, 0.2) is 53.3 Å². The molecule has 2 aliphatic heterocycles. The standard InChI is InChI=1S/C30H38BBrN4O4/c1-20(2)30(29(3,4)39-31(40-30)24-9-11-25(38-5)12-10-24)19-23-8-6-7-22(18-23)17-21-13-15-36(16-14-21)27(37)26-33-28(32)35-34-26/h6-12,18,20-21H,13-17,19H2,1-5H3,(H,33,34,35). The van der Waals surface area contributed by atoms with Gasteiger partial charge in [-0.05, 0) is 89.6 Å². The fraction of sp³-hybridized carbons (Fsp3) is 0.500. The van der Waals surface area contributed by atoms with Gasteiger partial charge in [-0.25, -0.2) is 0 Å². The number of likely N-dealkylation sites (tertiary alicyclic amines) is 1. The van der Waals surface area contributed by atoms with Crippen molar-refractivity contribution in [1.29, 1.82) is 0 Å². The molecule has 5 rings (SSSR count). The number of benzene rings is 2. The van der Waals surface area contributed by atoms with E-state index in [4.69, 9.17) is 14.0 Å². The maximum absolute atomic E-state index is 12.7. The third-order valence-corrected chi connectivity index (χ3v) is 8.95. The predicted octanol–water partition coefficient (Wildman–Crippen LogP) is 4.83. The lowest BCUT2D eigenvalue weighted by Gasteiger charge is -2.43. The Morgan fingerprint density at radius 2 is 1.85 bits per heavy atom. The van der Waals surface area contributed by atoms with Gasteiger partial charge < -0.3 is 18.9 Å². The molecule has 1 atom stereocenters. The van der Waals surface area contributed by atoms with Crippen LogP contribution >= 0.6 is 15.9 Å². The first-order chi connectivity index (χ1) is 19.1. The van der Waals surface area contributed by atoms with Crippen LogP contribution in [0.2, 0.25) is 0 Å². The maximum Gasteiger partial charge on any atom is 0.494 e. The summed E-state index contributed by atoms with van der Waals surface area (Å²) < 4.78 is 19.2. The second-order valence-electron chi connectivity index (χ2n) is 11.8. The van der Waals surface area contributed by atoms with E-state index in [1.54, 1.807) is 7.11 Å². The Bertz CT molecular complexity index is 1320. The summed E-state index contributed by atoms with van der Waals surface area (Å²) in [6.07, 6.45) is 3.68. The molecule has 0 aliphatic carbocycles. The quantitative estimate of drug-likeness (QED) is 0.369. The molecule has 8 nitrogen and oxygen atoms in total. The van der Waals surface area contributed by atoms with E-state index in [2.05, 4.69) is 83.1 Å². The van der Waals surface area contributed by atoms with Crippen molar-refractivity contribution in [1.82, 2.24) is 20.1 Å². The molecule has 1 N–H and O–H groups in total. The number of methoxy groups -OCH3 is 1. The monoisotopic (exact) mass is 608 g/mol. The summed E-state index contributed by atoms with van der Waals surface area (Å²) in [6.45, 7) is 10.2. The molecule has 212 valence electrons. The van der Waals surface area contributed by atoms with E-state index in [1.807, 2.05) is 29.2 Å². The van der Waals surface area contributed by atoms with Crippen molar-refractivity contribution in [3.8, 4) is 5.75 Å². The Morgan fingerprint density at radius 3 is 2.48 bits per heavy atom. The number of ether oxygens (including phenoxy) is 1. The number of hydrogen-bond donors (Lipinski definition) is 1. The molecule has 0 spiro atoms. The number of rotatable bonds is 8. The van der Waals surface area contributed by atoms with E-state index < -0.39 is 18.3 Å². The second-order valence-corrected chi connectivity index (χ2v) is 12.5. The highest BCUT2D eigenvalue weighted by Gasteiger charge is 2.58. The number of halogens is 1. The van der Waals surface area contributed by atoms with Crippen LogP contribution in [0.25, 0.3) is 0 Å². The van der Waals surface area contributed by atoms with Gasteiger partial charge in [0.2, 0.25) is 5.82 Å². The first kappa shape index (κ1) is 28.8. The summed E-state index contributed by atoms with van der Waals surface area (Å²) in [6, 6.07) is 16.8. The smallest absolute Gasteiger partial charge is 0.494 e. The number of aromatic amines is 1.